The molecule has 2 aromatic rings. The van der Waals surface area contributed by atoms with Crippen LogP contribution in [0.1, 0.15) is 30.8 Å². The third-order valence-corrected chi connectivity index (χ3v) is 4.21. The minimum absolute atomic E-state index is 0. The molecular formula is C20H28F3IN6. The molecule has 1 aromatic heterocycles. The molecule has 0 saturated heterocycles. The quantitative estimate of drug-likeness (QED) is 0.239. The van der Waals surface area contributed by atoms with E-state index in [9.17, 15) is 13.2 Å². The summed E-state index contributed by atoms with van der Waals surface area (Å²) in [5.41, 5.74) is 1.02. The van der Waals surface area contributed by atoms with Gasteiger partial charge in [-0.3, -0.25) is 0 Å². The van der Waals surface area contributed by atoms with Gasteiger partial charge in [0.25, 0.3) is 0 Å². The van der Waals surface area contributed by atoms with Crippen molar-refractivity contribution in [3.63, 3.8) is 0 Å². The zero-order chi connectivity index (χ0) is 21.4. The SMILES string of the molecule is C=C(C)CN=C(NCCn1cnnc1CC)N(C)Cc1ccc(C(F)(F)F)cc1.I. The van der Waals surface area contributed by atoms with Crippen LogP contribution in [-0.2, 0) is 25.7 Å². The molecule has 30 heavy (non-hydrogen) atoms. The summed E-state index contributed by atoms with van der Waals surface area (Å²) < 4.78 is 40.2. The van der Waals surface area contributed by atoms with E-state index in [1.807, 2.05) is 30.4 Å². The van der Waals surface area contributed by atoms with E-state index in [0.29, 0.717) is 32.1 Å². The first-order valence-corrected chi connectivity index (χ1v) is 9.37. The van der Waals surface area contributed by atoms with Gasteiger partial charge in [0.2, 0.25) is 0 Å². The third kappa shape index (κ3) is 7.96. The molecular weight excluding hydrogens is 508 g/mol. The average Bonchev–Trinajstić information content (AvgIpc) is 3.11. The lowest BCUT2D eigenvalue weighted by atomic mass is 10.1. The number of rotatable bonds is 8. The summed E-state index contributed by atoms with van der Waals surface area (Å²) in [7, 11) is 1.85. The molecule has 0 amide bonds. The molecule has 1 aromatic carbocycles. The van der Waals surface area contributed by atoms with E-state index in [0.717, 1.165) is 35.5 Å². The Labute approximate surface area is 192 Å². The van der Waals surface area contributed by atoms with E-state index in [1.165, 1.54) is 12.1 Å². The van der Waals surface area contributed by atoms with Gasteiger partial charge >= 0.3 is 6.18 Å². The maximum Gasteiger partial charge on any atom is 0.416 e. The minimum atomic E-state index is -4.33. The molecule has 1 heterocycles. The number of benzene rings is 1. The molecule has 10 heteroatoms. The number of hydrogen-bond donors (Lipinski definition) is 1. The smallest absolute Gasteiger partial charge is 0.354 e. The number of hydrogen-bond acceptors (Lipinski definition) is 3. The first-order valence-electron chi connectivity index (χ1n) is 9.37. The third-order valence-electron chi connectivity index (χ3n) is 4.21. The Morgan fingerprint density at radius 2 is 1.93 bits per heavy atom. The van der Waals surface area contributed by atoms with Gasteiger partial charge in [-0.25, -0.2) is 4.99 Å². The maximum absolute atomic E-state index is 12.7. The summed E-state index contributed by atoms with van der Waals surface area (Å²) in [6, 6.07) is 5.17. The number of aromatic nitrogens is 3. The Balaban J connectivity index is 0.00000450. The highest BCUT2D eigenvalue weighted by atomic mass is 127. The van der Waals surface area contributed by atoms with Crippen LogP contribution < -0.4 is 5.32 Å². The van der Waals surface area contributed by atoms with Crippen molar-refractivity contribution in [1.82, 2.24) is 25.0 Å². The summed E-state index contributed by atoms with van der Waals surface area (Å²) in [4.78, 5) is 6.42. The summed E-state index contributed by atoms with van der Waals surface area (Å²) in [6.45, 7) is 9.95. The van der Waals surface area contributed by atoms with Gasteiger partial charge in [-0.05, 0) is 24.6 Å². The van der Waals surface area contributed by atoms with Crippen LogP contribution in [0.3, 0.4) is 0 Å². The van der Waals surface area contributed by atoms with Crippen LogP contribution in [0.4, 0.5) is 13.2 Å². The van der Waals surface area contributed by atoms with Crippen LogP contribution in [0.25, 0.3) is 0 Å². The van der Waals surface area contributed by atoms with Crippen molar-refractivity contribution >= 4 is 29.9 Å². The highest BCUT2D eigenvalue weighted by Gasteiger charge is 2.29. The molecule has 0 aliphatic carbocycles. The lowest BCUT2D eigenvalue weighted by molar-refractivity contribution is -0.137. The molecule has 0 aliphatic rings. The second kappa shape index (κ2) is 11.9. The van der Waals surface area contributed by atoms with Gasteiger partial charge in [0.1, 0.15) is 12.2 Å². The Bertz CT molecular complexity index is 830. The molecule has 0 unspecified atom stereocenters. The second-order valence-corrected chi connectivity index (χ2v) is 6.87. The van der Waals surface area contributed by atoms with E-state index in [-0.39, 0.29) is 24.0 Å². The number of halogens is 4. The van der Waals surface area contributed by atoms with Crippen LogP contribution >= 0.6 is 24.0 Å². The normalized spacial score (nSPS) is 11.7. The molecule has 0 spiro atoms. The monoisotopic (exact) mass is 536 g/mol. The van der Waals surface area contributed by atoms with E-state index < -0.39 is 11.7 Å². The fourth-order valence-corrected chi connectivity index (χ4v) is 2.70. The van der Waals surface area contributed by atoms with Crippen molar-refractivity contribution < 1.29 is 13.2 Å². The highest BCUT2D eigenvalue weighted by molar-refractivity contribution is 14.0. The zero-order valence-electron chi connectivity index (χ0n) is 17.4. The van der Waals surface area contributed by atoms with Gasteiger partial charge in [0.05, 0.1) is 12.1 Å². The van der Waals surface area contributed by atoms with E-state index in [2.05, 4.69) is 27.1 Å². The molecule has 6 nitrogen and oxygen atoms in total. The summed E-state index contributed by atoms with van der Waals surface area (Å²) in [5, 5.41) is 11.3. The van der Waals surface area contributed by atoms with Crippen LogP contribution in [0, 0.1) is 0 Å². The minimum Gasteiger partial charge on any atom is -0.354 e. The summed E-state index contributed by atoms with van der Waals surface area (Å²) in [6.07, 6.45) is -1.85. The summed E-state index contributed by atoms with van der Waals surface area (Å²) >= 11 is 0. The van der Waals surface area contributed by atoms with Crippen molar-refractivity contribution in [2.75, 3.05) is 20.1 Å². The lowest BCUT2D eigenvalue weighted by Gasteiger charge is -2.23. The summed E-state index contributed by atoms with van der Waals surface area (Å²) in [5.74, 6) is 1.56. The van der Waals surface area contributed by atoms with Gasteiger partial charge in [0.15, 0.2) is 5.96 Å². The molecule has 0 bridgehead atoms. The van der Waals surface area contributed by atoms with Crippen LogP contribution in [-0.4, -0.2) is 45.8 Å². The molecule has 0 atom stereocenters. The van der Waals surface area contributed by atoms with Gasteiger partial charge in [0, 0.05) is 33.1 Å². The number of aliphatic imine (C=N–C) groups is 1. The van der Waals surface area contributed by atoms with E-state index in [1.54, 1.807) is 6.33 Å². The first kappa shape index (κ1) is 25.9. The van der Waals surface area contributed by atoms with Crippen molar-refractivity contribution in [3.05, 3.63) is 59.7 Å². The molecule has 0 aliphatic heterocycles. The van der Waals surface area contributed by atoms with Crippen molar-refractivity contribution in [2.45, 2.75) is 39.5 Å². The molecule has 2 rings (SSSR count). The van der Waals surface area contributed by atoms with Gasteiger partial charge in [-0.2, -0.15) is 13.2 Å². The average molecular weight is 536 g/mol. The van der Waals surface area contributed by atoms with E-state index >= 15 is 0 Å². The fraction of sp³-hybridized carbons (Fsp3) is 0.450. The van der Waals surface area contributed by atoms with E-state index in [4.69, 9.17) is 0 Å². The number of nitrogens with one attached hydrogen (secondary N) is 1. The molecule has 1 N–H and O–H groups in total. The molecule has 0 fully saturated rings. The van der Waals surface area contributed by atoms with Crippen molar-refractivity contribution in [3.8, 4) is 0 Å². The Hall–Kier alpha value is -2.11. The van der Waals surface area contributed by atoms with Gasteiger partial charge < -0.3 is 14.8 Å². The standard InChI is InChI=1S/C20H27F3N6.HI/c1-5-18-27-26-14-29(18)11-10-24-19(25-12-15(2)3)28(4)13-16-6-8-17(9-7-16)20(21,22)23;/h6-9,14H,2,5,10-13H2,1,3-4H3,(H,24,25);1H. The number of aryl methyl sites for hydroxylation is 1. The van der Waals surface area contributed by atoms with Crippen LogP contribution in [0.2, 0.25) is 0 Å². The predicted octanol–water partition coefficient (Wildman–Crippen LogP) is 4.13. The van der Waals surface area contributed by atoms with Crippen molar-refractivity contribution in [2.24, 2.45) is 4.99 Å². The zero-order valence-corrected chi connectivity index (χ0v) is 19.7. The molecule has 0 radical (unpaired) electrons. The Morgan fingerprint density at radius 1 is 1.27 bits per heavy atom. The topological polar surface area (TPSA) is 58.3 Å². The first-order chi connectivity index (χ1) is 13.7. The Kier molecular flexibility index (Phi) is 10.3. The molecule has 0 saturated carbocycles. The van der Waals surface area contributed by atoms with Crippen molar-refractivity contribution in [1.29, 1.82) is 0 Å². The second-order valence-electron chi connectivity index (χ2n) is 6.87. The molecule has 166 valence electrons. The Morgan fingerprint density at radius 3 is 2.50 bits per heavy atom. The maximum atomic E-state index is 12.7. The van der Waals surface area contributed by atoms with Gasteiger partial charge in [-0.15, -0.1) is 34.2 Å². The lowest BCUT2D eigenvalue weighted by Crippen LogP contribution is -2.40. The largest absolute Gasteiger partial charge is 0.416 e. The van der Waals surface area contributed by atoms with Gasteiger partial charge in [-0.1, -0.05) is 31.2 Å². The van der Waals surface area contributed by atoms with Crippen LogP contribution in [0.5, 0.6) is 0 Å². The number of nitrogens with zero attached hydrogens (tertiary/aromatic N) is 5. The van der Waals surface area contributed by atoms with Crippen LogP contribution in [0.15, 0.2) is 47.7 Å². The number of alkyl halides is 3. The highest BCUT2D eigenvalue weighted by Crippen LogP contribution is 2.29. The fourth-order valence-electron chi connectivity index (χ4n) is 2.70. The predicted molar refractivity (Wildman–Crippen MR) is 123 cm³/mol. The number of guanidine groups is 1.